The molecule has 1 atom stereocenters. The number of nitrogens with two attached hydrogens (primary N) is 1. The third-order valence-electron chi connectivity index (χ3n) is 1.82. The second-order valence-corrected chi connectivity index (χ2v) is 4.07. The summed E-state index contributed by atoms with van der Waals surface area (Å²) in [5.41, 5.74) is 5.47. The summed E-state index contributed by atoms with van der Waals surface area (Å²) >= 11 is 11.7. The van der Waals surface area contributed by atoms with Crippen molar-refractivity contribution in [2.75, 3.05) is 13.2 Å². The molecular weight excluding hydrogens is 221 g/mol. The van der Waals surface area contributed by atoms with Crippen LogP contribution >= 0.6 is 23.2 Å². The lowest BCUT2D eigenvalue weighted by Crippen LogP contribution is -2.18. The van der Waals surface area contributed by atoms with E-state index < -0.39 is 0 Å². The van der Waals surface area contributed by atoms with Gasteiger partial charge in [-0.05, 0) is 18.7 Å². The van der Waals surface area contributed by atoms with Gasteiger partial charge in [0, 0.05) is 17.0 Å². The molecule has 0 saturated heterocycles. The Morgan fingerprint density at radius 2 is 2.14 bits per heavy atom. The van der Waals surface area contributed by atoms with Crippen LogP contribution in [0.3, 0.4) is 0 Å². The lowest BCUT2D eigenvalue weighted by Gasteiger charge is -2.12. The number of hydrogen-bond donors (Lipinski definition) is 1. The van der Waals surface area contributed by atoms with E-state index in [1.165, 1.54) is 0 Å². The van der Waals surface area contributed by atoms with E-state index in [9.17, 15) is 0 Å². The Morgan fingerprint density at radius 3 is 2.79 bits per heavy atom. The molecule has 1 rings (SSSR count). The number of hydrogen-bond acceptors (Lipinski definition) is 2. The summed E-state index contributed by atoms with van der Waals surface area (Å²) < 4.78 is 5.47. The van der Waals surface area contributed by atoms with Gasteiger partial charge < -0.3 is 10.5 Å². The molecule has 0 heterocycles. The average Bonchev–Trinajstić information content (AvgIpc) is 2.19. The number of ether oxygens (including phenoxy) is 1. The van der Waals surface area contributed by atoms with Crippen LogP contribution in [0.1, 0.15) is 6.92 Å². The van der Waals surface area contributed by atoms with Crippen LogP contribution in [-0.2, 0) is 0 Å². The highest BCUT2D eigenvalue weighted by Crippen LogP contribution is 2.27. The fourth-order valence-corrected chi connectivity index (χ4v) is 1.22. The van der Waals surface area contributed by atoms with Gasteiger partial charge in [-0.25, -0.2) is 0 Å². The third kappa shape index (κ3) is 3.37. The second-order valence-electron chi connectivity index (χ2n) is 3.23. The van der Waals surface area contributed by atoms with E-state index in [1.54, 1.807) is 18.2 Å². The fraction of sp³-hybridized carbons (Fsp3) is 0.400. The summed E-state index contributed by atoms with van der Waals surface area (Å²) in [5.74, 6) is 0.921. The number of rotatable bonds is 4. The Bertz CT molecular complexity index is 304. The first kappa shape index (κ1) is 11.6. The minimum atomic E-state index is 0.310. The molecule has 0 aliphatic carbocycles. The van der Waals surface area contributed by atoms with Crippen molar-refractivity contribution in [1.82, 2.24) is 0 Å². The molecule has 2 N–H and O–H groups in total. The summed E-state index contributed by atoms with van der Waals surface area (Å²) in [4.78, 5) is 0. The molecule has 2 nitrogen and oxygen atoms in total. The fourth-order valence-electron chi connectivity index (χ4n) is 0.888. The van der Waals surface area contributed by atoms with Crippen molar-refractivity contribution in [1.29, 1.82) is 0 Å². The molecule has 1 unspecified atom stereocenters. The maximum Gasteiger partial charge on any atom is 0.139 e. The molecule has 0 spiro atoms. The molecule has 0 saturated carbocycles. The van der Waals surface area contributed by atoms with Gasteiger partial charge in [0.1, 0.15) is 5.75 Å². The quantitative estimate of drug-likeness (QED) is 0.869. The normalized spacial score (nSPS) is 12.6. The maximum atomic E-state index is 5.91. The van der Waals surface area contributed by atoms with Gasteiger partial charge in [-0.1, -0.05) is 30.1 Å². The Balaban J connectivity index is 2.62. The van der Waals surface area contributed by atoms with Gasteiger partial charge in [-0.3, -0.25) is 0 Å². The highest BCUT2D eigenvalue weighted by molar-refractivity contribution is 6.34. The lowest BCUT2D eigenvalue weighted by atomic mass is 10.2. The van der Waals surface area contributed by atoms with E-state index >= 15 is 0 Å². The predicted molar refractivity (Wildman–Crippen MR) is 60.2 cm³/mol. The molecule has 0 radical (unpaired) electrons. The van der Waals surface area contributed by atoms with E-state index in [2.05, 4.69) is 0 Å². The lowest BCUT2D eigenvalue weighted by molar-refractivity contribution is 0.264. The standard InChI is InChI=1S/C10H13Cl2NO/c1-7(5-13)6-14-10-4-8(11)2-3-9(10)12/h2-4,7H,5-6,13H2,1H3. The van der Waals surface area contributed by atoms with Crippen LogP contribution in [0, 0.1) is 5.92 Å². The molecule has 0 aliphatic heterocycles. The van der Waals surface area contributed by atoms with E-state index in [-0.39, 0.29) is 0 Å². The summed E-state index contributed by atoms with van der Waals surface area (Å²) in [6.07, 6.45) is 0. The van der Waals surface area contributed by atoms with Crippen molar-refractivity contribution in [3.8, 4) is 5.75 Å². The minimum absolute atomic E-state index is 0.310. The summed E-state index contributed by atoms with van der Waals surface area (Å²) in [6.45, 7) is 3.16. The molecule has 0 bridgehead atoms. The van der Waals surface area contributed by atoms with Crippen molar-refractivity contribution in [2.24, 2.45) is 11.7 Å². The minimum Gasteiger partial charge on any atom is -0.492 e. The van der Waals surface area contributed by atoms with Crippen LogP contribution in [-0.4, -0.2) is 13.2 Å². The molecule has 0 amide bonds. The van der Waals surface area contributed by atoms with Crippen molar-refractivity contribution in [3.63, 3.8) is 0 Å². The molecule has 0 aromatic heterocycles. The maximum absolute atomic E-state index is 5.91. The zero-order chi connectivity index (χ0) is 10.6. The van der Waals surface area contributed by atoms with Crippen molar-refractivity contribution >= 4 is 23.2 Å². The van der Waals surface area contributed by atoms with Crippen LogP contribution < -0.4 is 10.5 Å². The number of halogens is 2. The van der Waals surface area contributed by atoms with Gasteiger partial charge in [0.15, 0.2) is 0 Å². The Kier molecular flexibility index (Phi) is 4.52. The monoisotopic (exact) mass is 233 g/mol. The molecule has 1 aromatic rings. The van der Waals surface area contributed by atoms with Gasteiger partial charge in [0.25, 0.3) is 0 Å². The zero-order valence-corrected chi connectivity index (χ0v) is 9.48. The first-order chi connectivity index (χ1) is 6.63. The molecule has 14 heavy (non-hydrogen) atoms. The Morgan fingerprint density at radius 1 is 1.43 bits per heavy atom. The largest absolute Gasteiger partial charge is 0.492 e. The van der Waals surface area contributed by atoms with Gasteiger partial charge in [0.05, 0.1) is 11.6 Å². The topological polar surface area (TPSA) is 35.2 Å². The third-order valence-corrected chi connectivity index (χ3v) is 2.37. The average molecular weight is 234 g/mol. The summed E-state index contributed by atoms with van der Waals surface area (Å²) in [6, 6.07) is 5.14. The van der Waals surface area contributed by atoms with Crippen LogP contribution in [0.4, 0.5) is 0 Å². The molecule has 0 fully saturated rings. The SMILES string of the molecule is CC(CN)COc1cc(Cl)ccc1Cl. The second kappa shape index (κ2) is 5.44. The van der Waals surface area contributed by atoms with E-state index in [0.29, 0.717) is 34.9 Å². The van der Waals surface area contributed by atoms with Crippen molar-refractivity contribution < 1.29 is 4.74 Å². The molecule has 0 aliphatic rings. The van der Waals surface area contributed by atoms with Crippen molar-refractivity contribution in [3.05, 3.63) is 28.2 Å². The van der Waals surface area contributed by atoms with Crippen molar-refractivity contribution in [2.45, 2.75) is 6.92 Å². The van der Waals surface area contributed by atoms with Gasteiger partial charge in [0.2, 0.25) is 0 Å². The Labute approximate surface area is 94.0 Å². The molecule has 1 aromatic carbocycles. The first-order valence-corrected chi connectivity index (χ1v) is 5.17. The Hall–Kier alpha value is -0.440. The van der Waals surface area contributed by atoms with Gasteiger partial charge in [-0.2, -0.15) is 0 Å². The smallest absolute Gasteiger partial charge is 0.139 e. The van der Waals surface area contributed by atoms with E-state index in [0.717, 1.165) is 0 Å². The van der Waals surface area contributed by atoms with Crippen LogP contribution in [0.2, 0.25) is 10.0 Å². The van der Waals surface area contributed by atoms with Crippen LogP contribution in [0.15, 0.2) is 18.2 Å². The first-order valence-electron chi connectivity index (χ1n) is 4.41. The molecule has 78 valence electrons. The molecule has 4 heteroatoms. The van der Waals surface area contributed by atoms with Crippen LogP contribution in [0.25, 0.3) is 0 Å². The number of benzene rings is 1. The van der Waals surface area contributed by atoms with Crippen LogP contribution in [0.5, 0.6) is 5.75 Å². The van der Waals surface area contributed by atoms with Gasteiger partial charge >= 0.3 is 0 Å². The predicted octanol–water partition coefficient (Wildman–Crippen LogP) is 2.97. The highest BCUT2D eigenvalue weighted by Gasteiger charge is 2.04. The van der Waals surface area contributed by atoms with Gasteiger partial charge in [-0.15, -0.1) is 0 Å². The zero-order valence-electron chi connectivity index (χ0n) is 7.97. The summed E-state index contributed by atoms with van der Waals surface area (Å²) in [7, 11) is 0. The summed E-state index contributed by atoms with van der Waals surface area (Å²) in [5, 5.41) is 1.18. The van der Waals surface area contributed by atoms with E-state index in [4.69, 9.17) is 33.7 Å². The molecular formula is C10H13Cl2NO. The highest BCUT2D eigenvalue weighted by atomic mass is 35.5. The van der Waals surface area contributed by atoms with E-state index in [1.807, 2.05) is 6.92 Å².